The van der Waals surface area contributed by atoms with Gasteiger partial charge in [-0.25, -0.2) is 18.7 Å². The van der Waals surface area contributed by atoms with Crippen LogP contribution >= 0.6 is 0 Å². The number of halogens is 2. The van der Waals surface area contributed by atoms with Gasteiger partial charge in [0.25, 0.3) is 5.91 Å². The number of carbonyl (C=O) groups excluding carboxylic acids is 1. The molecule has 26 heavy (non-hydrogen) atoms. The summed E-state index contributed by atoms with van der Waals surface area (Å²) >= 11 is 0. The number of para-hydroxylation sites is 1. The summed E-state index contributed by atoms with van der Waals surface area (Å²) in [4.78, 5) is 20.4. The maximum atomic E-state index is 13.3. The zero-order valence-corrected chi connectivity index (χ0v) is 14.2. The molecule has 0 unspecified atom stereocenters. The fourth-order valence-corrected chi connectivity index (χ4v) is 2.46. The molecule has 0 radical (unpaired) electrons. The number of aromatic nitrogens is 2. The van der Waals surface area contributed by atoms with E-state index >= 15 is 0 Å². The van der Waals surface area contributed by atoms with E-state index in [0.29, 0.717) is 5.69 Å². The zero-order valence-electron chi connectivity index (χ0n) is 14.2. The number of hydrogen-bond acceptors (Lipinski definition) is 4. The Labute approximate surface area is 149 Å². The Morgan fingerprint density at radius 3 is 2.38 bits per heavy atom. The fraction of sp³-hybridized carbons (Fsp3) is 0.105. The minimum Gasteiger partial charge on any atom is -0.340 e. The van der Waals surface area contributed by atoms with Gasteiger partial charge >= 0.3 is 0 Å². The Kier molecular flexibility index (Phi) is 4.88. The molecule has 7 heteroatoms. The van der Waals surface area contributed by atoms with Gasteiger partial charge in [0.2, 0.25) is 0 Å². The molecule has 0 bridgehead atoms. The molecule has 0 fully saturated rings. The molecule has 1 heterocycles. The van der Waals surface area contributed by atoms with Crippen LogP contribution in [0.4, 0.5) is 26.0 Å². The van der Waals surface area contributed by atoms with E-state index in [-0.39, 0.29) is 11.5 Å². The number of amides is 1. The molecule has 0 spiro atoms. The van der Waals surface area contributed by atoms with Gasteiger partial charge in [0.05, 0.1) is 0 Å². The quantitative estimate of drug-likeness (QED) is 0.730. The lowest BCUT2D eigenvalue weighted by Gasteiger charge is -2.11. The van der Waals surface area contributed by atoms with E-state index in [1.165, 1.54) is 18.5 Å². The Hall–Kier alpha value is -3.35. The number of benzene rings is 2. The van der Waals surface area contributed by atoms with E-state index in [0.717, 1.165) is 28.9 Å². The summed E-state index contributed by atoms with van der Waals surface area (Å²) in [7, 11) is 0. The standard InChI is InChI=1S/C19H16F2N4O/c1-11-4-3-5-12(2)18(11)25-19(26)16-9-17(23-10-22-16)24-13-6-7-14(20)15(21)8-13/h3-10H,1-2H3,(H,25,26)(H,22,23,24). The van der Waals surface area contributed by atoms with Crippen LogP contribution in [0.3, 0.4) is 0 Å². The topological polar surface area (TPSA) is 66.9 Å². The maximum absolute atomic E-state index is 13.3. The summed E-state index contributed by atoms with van der Waals surface area (Å²) in [6.45, 7) is 3.80. The van der Waals surface area contributed by atoms with Crippen LogP contribution in [-0.2, 0) is 0 Å². The number of aryl methyl sites for hydroxylation is 2. The van der Waals surface area contributed by atoms with Crippen molar-refractivity contribution in [3.05, 3.63) is 77.2 Å². The lowest BCUT2D eigenvalue weighted by atomic mass is 10.1. The highest BCUT2D eigenvalue weighted by Crippen LogP contribution is 2.21. The van der Waals surface area contributed by atoms with Crippen molar-refractivity contribution in [2.24, 2.45) is 0 Å². The molecule has 0 aliphatic carbocycles. The van der Waals surface area contributed by atoms with E-state index in [2.05, 4.69) is 20.6 Å². The third-order valence-electron chi connectivity index (χ3n) is 3.81. The van der Waals surface area contributed by atoms with Crippen molar-refractivity contribution in [3.8, 4) is 0 Å². The van der Waals surface area contributed by atoms with Crippen LogP contribution in [0.1, 0.15) is 21.6 Å². The van der Waals surface area contributed by atoms with Crippen molar-refractivity contribution in [2.75, 3.05) is 10.6 Å². The van der Waals surface area contributed by atoms with Crippen molar-refractivity contribution in [3.63, 3.8) is 0 Å². The van der Waals surface area contributed by atoms with Crippen LogP contribution in [0.5, 0.6) is 0 Å². The molecule has 0 atom stereocenters. The first-order valence-corrected chi connectivity index (χ1v) is 7.86. The molecule has 3 aromatic rings. The molecular weight excluding hydrogens is 338 g/mol. The Balaban J connectivity index is 1.80. The minimum atomic E-state index is -0.975. The molecule has 1 amide bonds. The average molecular weight is 354 g/mol. The van der Waals surface area contributed by atoms with Crippen molar-refractivity contribution < 1.29 is 13.6 Å². The van der Waals surface area contributed by atoms with Crippen LogP contribution in [0.2, 0.25) is 0 Å². The van der Waals surface area contributed by atoms with Crippen LogP contribution in [0.15, 0.2) is 48.8 Å². The molecule has 0 saturated heterocycles. The molecule has 0 aliphatic heterocycles. The van der Waals surface area contributed by atoms with Gasteiger partial charge in [-0.1, -0.05) is 18.2 Å². The normalized spacial score (nSPS) is 10.5. The molecule has 0 saturated carbocycles. The number of nitrogens with zero attached hydrogens (tertiary/aromatic N) is 2. The number of carbonyl (C=O) groups is 1. The average Bonchev–Trinajstić information content (AvgIpc) is 2.61. The highest BCUT2D eigenvalue weighted by molar-refractivity contribution is 6.04. The third kappa shape index (κ3) is 3.83. The predicted molar refractivity (Wildman–Crippen MR) is 95.5 cm³/mol. The number of anilines is 3. The second-order valence-corrected chi connectivity index (χ2v) is 5.76. The first-order valence-electron chi connectivity index (χ1n) is 7.86. The molecule has 2 N–H and O–H groups in total. The highest BCUT2D eigenvalue weighted by Gasteiger charge is 2.12. The van der Waals surface area contributed by atoms with Gasteiger partial charge in [-0.05, 0) is 37.1 Å². The van der Waals surface area contributed by atoms with Crippen LogP contribution < -0.4 is 10.6 Å². The van der Waals surface area contributed by atoms with E-state index in [1.54, 1.807) is 0 Å². The Morgan fingerprint density at radius 2 is 1.69 bits per heavy atom. The molecule has 0 aliphatic rings. The molecule has 1 aromatic heterocycles. The first kappa shape index (κ1) is 17.5. The predicted octanol–water partition coefficient (Wildman–Crippen LogP) is 4.37. The zero-order chi connectivity index (χ0) is 18.7. The molecule has 132 valence electrons. The van der Waals surface area contributed by atoms with Gasteiger partial charge in [-0.15, -0.1) is 0 Å². The lowest BCUT2D eigenvalue weighted by Crippen LogP contribution is -2.16. The molecular formula is C19H16F2N4O. The third-order valence-corrected chi connectivity index (χ3v) is 3.81. The van der Waals surface area contributed by atoms with Crippen molar-refractivity contribution in [1.82, 2.24) is 9.97 Å². The van der Waals surface area contributed by atoms with E-state index < -0.39 is 17.5 Å². The summed E-state index contributed by atoms with van der Waals surface area (Å²) in [5, 5.41) is 5.65. The number of nitrogens with one attached hydrogen (secondary N) is 2. The lowest BCUT2D eigenvalue weighted by molar-refractivity contribution is 0.102. The second-order valence-electron chi connectivity index (χ2n) is 5.76. The van der Waals surface area contributed by atoms with Gasteiger partial charge < -0.3 is 10.6 Å². The van der Waals surface area contributed by atoms with Crippen LogP contribution in [0.25, 0.3) is 0 Å². The van der Waals surface area contributed by atoms with Gasteiger partial charge in [-0.2, -0.15) is 0 Å². The smallest absolute Gasteiger partial charge is 0.274 e. The van der Waals surface area contributed by atoms with Crippen molar-refractivity contribution in [1.29, 1.82) is 0 Å². The van der Waals surface area contributed by atoms with Crippen molar-refractivity contribution in [2.45, 2.75) is 13.8 Å². The van der Waals surface area contributed by atoms with Gasteiger partial charge in [0.1, 0.15) is 17.8 Å². The van der Waals surface area contributed by atoms with E-state index in [4.69, 9.17) is 0 Å². The molecule has 5 nitrogen and oxygen atoms in total. The summed E-state index contributed by atoms with van der Waals surface area (Å²) in [6, 6.07) is 10.5. The SMILES string of the molecule is Cc1cccc(C)c1NC(=O)c1cc(Nc2ccc(F)c(F)c2)ncn1. The largest absolute Gasteiger partial charge is 0.340 e. The monoisotopic (exact) mass is 354 g/mol. The fourth-order valence-electron chi connectivity index (χ4n) is 2.46. The number of rotatable bonds is 4. The summed E-state index contributed by atoms with van der Waals surface area (Å²) in [5.41, 5.74) is 3.06. The summed E-state index contributed by atoms with van der Waals surface area (Å²) < 4.78 is 26.3. The van der Waals surface area contributed by atoms with E-state index in [1.807, 2.05) is 32.0 Å². The Morgan fingerprint density at radius 1 is 0.962 bits per heavy atom. The molecule has 2 aromatic carbocycles. The van der Waals surface area contributed by atoms with Gasteiger partial charge in [-0.3, -0.25) is 4.79 Å². The highest BCUT2D eigenvalue weighted by atomic mass is 19.2. The van der Waals surface area contributed by atoms with Gasteiger partial charge in [0, 0.05) is 23.5 Å². The first-order chi connectivity index (χ1) is 12.4. The second kappa shape index (κ2) is 7.26. The van der Waals surface area contributed by atoms with Crippen molar-refractivity contribution >= 4 is 23.1 Å². The molecule has 3 rings (SSSR count). The van der Waals surface area contributed by atoms with E-state index in [9.17, 15) is 13.6 Å². The maximum Gasteiger partial charge on any atom is 0.274 e. The van der Waals surface area contributed by atoms with Gasteiger partial charge in [0.15, 0.2) is 11.6 Å². The number of hydrogen-bond donors (Lipinski definition) is 2. The Bertz CT molecular complexity index is 955. The minimum absolute atomic E-state index is 0.146. The van der Waals surface area contributed by atoms with Crippen LogP contribution in [-0.4, -0.2) is 15.9 Å². The summed E-state index contributed by atoms with van der Waals surface area (Å²) in [5.74, 6) is -2.01. The van der Waals surface area contributed by atoms with Crippen LogP contribution in [0, 0.1) is 25.5 Å². The summed E-state index contributed by atoms with van der Waals surface area (Å²) in [6.07, 6.45) is 1.22.